The van der Waals surface area contributed by atoms with Gasteiger partial charge in [0.1, 0.15) is 5.01 Å². The van der Waals surface area contributed by atoms with Gasteiger partial charge in [0.25, 0.3) is 0 Å². The van der Waals surface area contributed by atoms with E-state index in [1.807, 2.05) is 12.4 Å². The Morgan fingerprint density at radius 1 is 1.10 bits per heavy atom. The van der Waals surface area contributed by atoms with E-state index in [1.54, 1.807) is 16.2 Å². The van der Waals surface area contributed by atoms with E-state index in [2.05, 4.69) is 65.3 Å². The number of morpholine rings is 1. The number of amides is 1. The summed E-state index contributed by atoms with van der Waals surface area (Å²) in [4.78, 5) is 21.4. The number of hydrogen-bond donors (Lipinski definition) is 0. The molecule has 1 aliphatic rings. The predicted octanol–water partition coefficient (Wildman–Crippen LogP) is 4.16. The quantitative estimate of drug-likeness (QED) is 0.600. The SMILES string of the molecule is Cc1ccc(-c2nc(CC(=O)N(C)Cc3ccc(N4CCOCC4)cc3)cs2)cc1. The molecule has 1 aromatic heterocycles. The molecule has 1 saturated heterocycles. The second kappa shape index (κ2) is 9.41. The van der Waals surface area contributed by atoms with Gasteiger partial charge in [-0.2, -0.15) is 0 Å². The fourth-order valence-electron chi connectivity index (χ4n) is 3.50. The molecule has 0 bridgehead atoms. The number of thiazole rings is 1. The van der Waals surface area contributed by atoms with Crippen LogP contribution < -0.4 is 4.90 Å². The van der Waals surface area contributed by atoms with Crippen molar-refractivity contribution in [2.24, 2.45) is 0 Å². The van der Waals surface area contributed by atoms with Crippen molar-refractivity contribution >= 4 is 22.9 Å². The highest BCUT2D eigenvalue weighted by Crippen LogP contribution is 2.24. The van der Waals surface area contributed by atoms with Gasteiger partial charge >= 0.3 is 0 Å². The van der Waals surface area contributed by atoms with Crippen molar-refractivity contribution in [3.63, 3.8) is 0 Å². The summed E-state index contributed by atoms with van der Waals surface area (Å²) in [7, 11) is 1.85. The number of rotatable bonds is 6. The maximum Gasteiger partial charge on any atom is 0.228 e. The van der Waals surface area contributed by atoms with E-state index >= 15 is 0 Å². The largest absolute Gasteiger partial charge is 0.378 e. The van der Waals surface area contributed by atoms with Gasteiger partial charge in [-0.05, 0) is 24.6 Å². The van der Waals surface area contributed by atoms with Gasteiger partial charge in [-0.3, -0.25) is 4.79 Å². The minimum Gasteiger partial charge on any atom is -0.378 e. The van der Waals surface area contributed by atoms with Gasteiger partial charge in [-0.25, -0.2) is 4.98 Å². The van der Waals surface area contributed by atoms with Crippen molar-refractivity contribution in [3.05, 3.63) is 70.7 Å². The topological polar surface area (TPSA) is 45.7 Å². The second-order valence-electron chi connectivity index (χ2n) is 7.70. The lowest BCUT2D eigenvalue weighted by atomic mass is 10.1. The third kappa shape index (κ3) is 5.07. The zero-order chi connectivity index (χ0) is 20.9. The molecule has 0 atom stereocenters. The summed E-state index contributed by atoms with van der Waals surface area (Å²) >= 11 is 1.59. The van der Waals surface area contributed by atoms with Crippen molar-refractivity contribution < 1.29 is 9.53 Å². The van der Waals surface area contributed by atoms with Crippen LogP contribution in [0.3, 0.4) is 0 Å². The molecule has 0 unspecified atom stereocenters. The average molecular weight is 422 g/mol. The van der Waals surface area contributed by atoms with Crippen LogP contribution in [0.2, 0.25) is 0 Å². The molecule has 3 aromatic rings. The van der Waals surface area contributed by atoms with Gasteiger partial charge in [-0.15, -0.1) is 11.3 Å². The number of carbonyl (C=O) groups excluding carboxylic acids is 1. The van der Waals surface area contributed by atoms with E-state index in [9.17, 15) is 4.79 Å². The van der Waals surface area contributed by atoms with E-state index in [0.29, 0.717) is 13.0 Å². The molecule has 1 amide bonds. The first-order chi connectivity index (χ1) is 14.6. The van der Waals surface area contributed by atoms with E-state index in [0.717, 1.165) is 48.1 Å². The number of aromatic nitrogens is 1. The molecule has 5 nitrogen and oxygen atoms in total. The van der Waals surface area contributed by atoms with Crippen LogP contribution in [0.5, 0.6) is 0 Å². The molecule has 0 N–H and O–H groups in total. The predicted molar refractivity (Wildman–Crippen MR) is 122 cm³/mol. The van der Waals surface area contributed by atoms with Crippen molar-refractivity contribution in [1.29, 1.82) is 0 Å². The Bertz CT molecular complexity index is 976. The minimum atomic E-state index is 0.0769. The van der Waals surface area contributed by atoms with Crippen molar-refractivity contribution in [2.75, 3.05) is 38.3 Å². The lowest BCUT2D eigenvalue weighted by Gasteiger charge is -2.29. The van der Waals surface area contributed by atoms with E-state index in [-0.39, 0.29) is 5.91 Å². The number of anilines is 1. The molecule has 2 aromatic carbocycles. The molecular formula is C24H27N3O2S. The lowest BCUT2D eigenvalue weighted by Crippen LogP contribution is -2.36. The van der Waals surface area contributed by atoms with Crippen LogP contribution in [-0.4, -0.2) is 49.1 Å². The molecular weight excluding hydrogens is 394 g/mol. The molecule has 4 rings (SSSR count). The maximum atomic E-state index is 12.7. The summed E-state index contributed by atoms with van der Waals surface area (Å²) in [6.07, 6.45) is 0.324. The van der Waals surface area contributed by atoms with Gasteiger partial charge in [0.2, 0.25) is 5.91 Å². The Morgan fingerprint density at radius 3 is 2.50 bits per heavy atom. The van der Waals surface area contributed by atoms with Gasteiger partial charge in [0.05, 0.1) is 25.3 Å². The van der Waals surface area contributed by atoms with Crippen LogP contribution in [0.15, 0.2) is 53.9 Å². The number of likely N-dealkylation sites (N-methyl/N-ethyl adjacent to an activating group) is 1. The van der Waals surface area contributed by atoms with Crippen molar-refractivity contribution in [1.82, 2.24) is 9.88 Å². The minimum absolute atomic E-state index is 0.0769. The van der Waals surface area contributed by atoms with Crippen LogP contribution in [0.1, 0.15) is 16.8 Å². The van der Waals surface area contributed by atoms with Crippen LogP contribution in [0, 0.1) is 6.92 Å². The first-order valence-electron chi connectivity index (χ1n) is 10.3. The normalized spacial score (nSPS) is 14.0. The molecule has 1 aliphatic heterocycles. The summed E-state index contributed by atoms with van der Waals surface area (Å²) in [6, 6.07) is 16.8. The number of benzene rings is 2. The zero-order valence-electron chi connectivity index (χ0n) is 17.5. The molecule has 156 valence electrons. The molecule has 0 radical (unpaired) electrons. The van der Waals surface area contributed by atoms with Crippen LogP contribution in [0.25, 0.3) is 10.6 Å². The molecule has 2 heterocycles. The smallest absolute Gasteiger partial charge is 0.228 e. The van der Waals surface area contributed by atoms with E-state index < -0.39 is 0 Å². The van der Waals surface area contributed by atoms with Gasteiger partial charge < -0.3 is 14.5 Å². The fraction of sp³-hybridized carbons (Fsp3) is 0.333. The summed E-state index contributed by atoms with van der Waals surface area (Å²) in [6.45, 7) is 6.08. The molecule has 6 heteroatoms. The number of nitrogens with zero attached hydrogens (tertiary/aromatic N) is 3. The number of carbonyl (C=O) groups is 1. The highest BCUT2D eigenvalue weighted by molar-refractivity contribution is 7.13. The summed E-state index contributed by atoms with van der Waals surface area (Å²) in [5, 5.41) is 2.94. The average Bonchev–Trinajstić information content (AvgIpc) is 3.24. The third-order valence-corrected chi connectivity index (χ3v) is 6.28. The Balaban J connectivity index is 1.33. The van der Waals surface area contributed by atoms with Gasteiger partial charge in [-0.1, -0.05) is 42.0 Å². The Hall–Kier alpha value is -2.70. The van der Waals surface area contributed by atoms with Crippen LogP contribution >= 0.6 is 11.3 Å². The monoisotopic (exact) mass is 421 g/mol. The zero-order valence-corrected chi connectivity index (χ0v) is 18.3. The number of hydrogen-bond acceptors (Lipinski definition) is 5. The highest BCUT2D eigenvalue weighted by Gasteiger charge is 2.14. The highest BCUT2D eigenvalue weighted by atomic mass is 32.1. The maximum absolute atomic E-state index is 12.7. The Labute approximate surface area is 181 Å². The third-order valence-electron chi connectivity index (χ3n) is 5.34. The van der Waals surface area contributed by atoms with Crippen LogP contribution in [-0.2, 0) is 22.5 Å². The molecule has 0 saturated carbocycles. The molecule has 0 spiro atoms. The Morgan fingerprint density at radius 2 is 1.80 bits per heavy atom. The standard InChI is InChI=1S/C24H27N3O2S/c1-18-3-7-20(8-4-18)24-25-21(17-30-24)15-23(28)26(2)16-19-5-9-22(10-6-19)27-11-13-29-14-12-27/h3-10,17H,11-16H2,1-2H3. The van der Waals surface area contributed by atoms with Crippen molar-refractivity contribution in [3.8, 4) is 10.6 Å². The van der Waals surface area contributed by atoms with Crippen LogP contribution in [0.4, 0.5) is 5.69 Å². The van der Waals surface area contributed by atoms with Crippen molar-refractivity contribution in [2.45, 2.75) is 19.9 Å². The summed E-state index contributed by atoms with van der Waals surface area (Å²) in [5.41, 5.74) is 5.49. The van der Waals surface area contributed by atoms with E-state index in [1.165, 1.54) is 11.3 Å². The first kappa shape index (κ1) is 20.6. The number of aryl methyl sites for hydroxylation is 1. The van der Waals surface area contributed by atoms with Gasteiger partial charge in [0, 0.05) is 43.3 Å². The molecule has 30 heavy (non-hydrogen) atoms. The Kier molecular flexibility index (Phi) is 6.45. The summed E-state index contributed by atoms with van der Waals surface area (Å²) in [5.74, 6) is 0.0769. The molecule has 1 fully saturated rings. The fourth-order valence-corrected chi connectivity index (χ4v) is 4.33. The number of ether oxygens (including phenoxy) is 1. The summed E-state index contributed by atoms with van der Waals surface area (Å²) < 4.78 is 5.41. The molecule has 0 aliphatic carbocycles. The van der Waals surface area contributed by atoms with E-state index in [4.69, 9.17) is 4.74 Å². The second-order valence-corrected chi connectivity index (χ2v) is 8.56. The lowest BCUT2D eigenvalue weighted by molar-refractivity contribution is -0.129. The first-order valence-corrected chi connectivity index (χ1v) is 11.1. The van der Waals surface area contributed by atoms with Gasteiger partial charge in [0.15, 0.2) is 0 Å².